The van der Waals surface area contributed by atoms with E-state index in [4.69, 9.17) is 14.2 Å². The number of hydrogen-bond donors (Lipinski definition) is 1. The van der Waals surface area contributed by atoms with E-state index in [2.05, 4.69) is 0 Å². The number of carbonyl (C=O) groups is 1. The van der Waals surface area contributed by atoms with Gasteiger partial charge in [0.05, 0.1) is 31.8 Å². The zero-order chi connectivity index (χ0) is 14.7. The molecule has 0 heterocycles. The lowest BCUT2D eigenvalue weighted by molar-refractivity contribution is 0.0526. The predicted molar refractivity (Wildman–Crippen MR) is 74.7 cm³/mol. The van der Waals surface area contributed by atoms with Gasteiger partial charge in [-0.25, -0.2) is 4.79 Å². The molecule has 20 heavy (non-hydrogen) atoms. The first-order valence-corrected chi connectivity index (χ1v) is 6.17. The molecule has 0 radical (unpaired) electrons. The van der Waals surface area contributed by atoms with Crippen LogP contribution >= 0.6 is 0 Å². The normalized spacial score (nSPS) is 10.3. The number of aromatic hydroxyl groups is 1. The highest BCUT2D eigenvalue weighted by Crippen LogP contribution is 2.39. The molecular formula is C15H16O5. The summed E-state index contributed by atoms with van der Waals surface area (Å²) in [5.41, 5.74) is 0.267. The Hall–Kier alpha value is -2.43. The van der Waals surface area contributed by atoms with Gasteiger partial charge in [-0.05, 0) is 31.2 Å². The summed E-state index contributed by atoms with van der Waals surface area (Å²) in [4.78, 5) is 11.8. The fourth-order valence-electron chi connectivity index (χ4n) is 2.08. The molecule has 0 aromatic heterocycles. The van der Waals surface area contributed by atoms with Crippen LogP contribution in [0.5, 0.6) is 17.2 Å². The van der Waals surface area contributed by atoms with E-state index < -0.39 is 5.97 Å². The van der Waals surface area contributed by atoms with Crippen LogP contribution < -0.4 is 9.47 Å². The maximum absolute atomic E-state index is 11.8. The van der Waals surface area contributed by atoms with Crippen LogP contribution in [0.1, 0.15) is 17.3 Å². The van der Waals surface area contributed by atoms with Crippen LogP contribution in [0.3, 0.4) is 0 Å². The van der Waals surface area contributed by atoms with Gasteiger partial charge in [0, 0.05) is 5.39 Å². The molecule has 0 amide bonds. The molecule has 0 bridgehead atoms. The number of rotatable bonds is 4. The van der Waals surface area contributed by atoms with Gasteiger partial charge in [0.25, 0.3) is 0 Å². The van der Waals surface area contributed by atoms with Crippen molar-refractivity contribution in [3.05, 3.63) is 29.8 Å². The number of phenols is 1. The lowest BCUT2D eigenvalue weighted by atomic mass is 10.0. The number of benzene rings is 2. The average Bonchev–Trinajstić information content (AvgIpc) is 2.46. The minimum atomic E-state index is -0.491. The lowest BCUT2D eigenvalue weighted by Crippen LogP contribution is -2.04. The predicted octanol–water partition coefficient (Wildman–Crippen LogP) is 2.74. The highest BCUT2D eigenvalue weighted by molar-refractivity contribution is 6.03. The zero-order valence-electron chi connectivity index (χ0n) is 11.6. The second-order valence-corrected chi connectivity index (χ2v) is 4.11. The zero-order valence-corrected chi connectivity index (χ0v) is 11.6. The van der Waals surface area contributed by atoms with Crippen molar-refractivity contribution < 1.29 is 24.1 Å². The Morgan fingerprint density at radius 1 is 1.15 bits per heavy atom. The second kappa shape index (κ2) is 5.69. The molecule has 0 saturated carbocycles. The molecule has 5 nitrogen and oxygen atoms in total. The van der Waals surface area contributed by atoms with Gasteiger partial charge < -0.3 is 19.3 Å². The number of methoxy groups -OCH3 is 2. The maximum Gasteiger partial charge on any atom is 0.338 e. The van der Waals surface area contributed by atoms with E-state index in [9.17, 15) is 9.90 Å². The van der Waals surface area contributed by atoms with E-state index in [1.165, 1.54) is 20.3 Å². The van der Waals surface area contributed by atoms with Crippen molar-refractivity contribution in [3.8, 4) is 17.2 Å². The van der Waals surface area contributed by atoms with Crippen molar-refractivity contribution in [2.45, 2.75) is 6.92 Å². The highest BCUT2D eigenvalue weighted by atomic mass is 16.5. The summed E-state index contributed by atoms with van der Waals surface area (Å²) in [5, 5.41) is 11.3. The number of hydrogen-bond acceptors (Lipinski definition) is 5. The van der Waals surface area contributed by atoms with Crippen LogP contribution in [0.25, 0.3) is 10.8 Å². The van der Waals surface area contributed by atoms with Crippen molar-refractivity contribution >= 4 is 16.7 Å². The van der Waals surface area contributed by atoms with Crippen LogP contribution in [-0.4, -0.2) is 31.9 Å². The van der Waals surface area contributed by atoms with Crippen molar-refractivity contribution in [1.82, 2.24) is 0 Å². The minimum Gasteiger partial charge on any atom is -0.507 e. The van der Waals surface area contributed by atoms with Crippen LogP contribution in [0, 0.1) is 0 Å². The van der Waals surface area contributed by atoms with Gasteiger partial charge in [0.1, 0.15) is 17.2 Å². The van der Waals surface area contributed by atoms with Gasteiger partial charge in [-0.2, -0.15) is 0 Å². The van der Waals surface area contributed by atoms with E-state index in [0.29, 0.717) is 22.3 Å². The molecule has 0 unspecified atom stereocenters. The Balaban J connectivity index is 2.72. The molecule has 2 aromatic carbocycles. The molecule has 0 aliphatic rings. The largest absolute Gasteiger partial charge is 0.507 e. The van der Waals surface area contributed by atoms with Crippen molar-refractivity contribution in [1.29, 1.82) is 0 Å². The molecule has 2 aromatic rings. The van der Waals surface area contributed by atoms with Crippen LogP contribution in [0.2, 0.25) is 0 Å². The molecule has 0 fully saturated rings. The Bertz CT molecular complexity index is 648. The van der Waals surface area contributed by atoms with Crippen molar-refractivity contribution in [3.63, 3.8) is 0 Å². The smallest absolute Gasteiger partial charge is 0.338 e. The molecule has 0 aliphatic heterocycles. The van der Waals surface area contributed by atoms with Crippen LogP contribution in [0.4, 0.5) is 0 Å². The molecule has 2 rings (SSSR count). The number of phenolic OH excluding ortho intramolecular Hbond substituents is 1. The van der Waals surface area contributed by atoms with E-state index in [1.807, 2.05) is 0 Å². The summed E-state index contributed by atoms with van der Waals surface area (Å²) in [5.74, 6) is 0.506. The quantitative estimate of drug-likeness (QED) is 0.870. The number of ether oxygens (including phenoxy) is 3. The number of esters is 1. The third-order valence-corrected chi connectivity index (χ3v) is 2.97. The van der Waals surface area contributed by atoms with Gasteiger partial charge in [0.15, 0.2) is 0 Å². The number of fused-ring (bicyclic) bond motifs is 1. The average molecular weight is 276 g/mol. The van der Waals surface area contributed by atoms with Gasteiger partial charge in [-0.3, -0.25) is 0 Å². The van der Waals surface area contributed by atoms with Gasteiger partial charge in [-0.1, -0.05) is 0 Å². The van der Waals surface area contributed by atoms with Crippen LogP contribution in [0.15, 0.2) is 24.3 Å². The molecule has 1 N–H and O–H groups in total. The maximum atomic E-state index is 11.8. The summed E-state index contributed by atoms with van der Waals surface area (Å²) in [6, 6.07) is 6.40. The van der Waals surface area contributed by atoms with Crippen LogP contribution in [-0.2, 0) is 4.74 Å². The fraction of sp³-hybridized carbons (Fsp3) is 0.267. The topological polar surface area (TPSA) is 65.0 Å². The van der Waals surface area contributed by atoms with Crippen molar-refractivity contribution in [2.75, 3.05) is 20.8 Å². The van der Waals surface area contributed by atoms with Gasteiger partial charge in [-0.15, -0.1) is 0 Å². The SMILES string of the molecule is CCOC(=O)c1cc(O)c2c(OC)ccc(OC)c2c1. The summed E-state index contributed by atoms with van der Waals surface area (Å²) >= 11 is 0. The highest BCUT2D eigenvalue weighted by Gasteiger charge is 2.16. The molecule has 0 aliphatic carbocycles. The molecule has 0 spiro atoms. The summed E-state index contributed by atoms with van der Waals surface area (Å²) < 4.78 is 15.4. The van der Waals surface area contributed by atoms with Gasteiger partial charge >= 0.3 is 5.97 Å². The molecule has 0 atom stereocenters. The standard InChI is InChI=1S/C15H16O5/c1-4-20-15(17)9-7-10-12(18-2)5-6-13(19-3)14(10)11(16)8-9/h5-8,16H,4H2,1-3H3. The van der Waals surface area contributed by atoms with E-state index in [1.54, 1.807) is 25.1 Å². The summed E-state index contributed by atoms with van der Waals surface area (Å²) in [7, 11) is 3.04. The molecular weight excluding hydrogens is 260 g/mol. The third kappa shape index (κ3) is 2.34. The van der Waals surface area contributed by atoms with Crippen molar-refractivity contribution in [2.24, 2.45) is 0 Å². The Labute approximate surface area is 116 Å². The van der Waals surface area contributed by atoms with Gasteiger partial charge in [0.2, 0.25) is 0 Å². The summed E-state index contributed by atoms with van der Waals surface area (Å²) in [6.07, 6.45) is 0. The van der Waals surface area contributed by atoms with E-state index in [-0.39, 0.29) is 17.9 Å². The monoisotopic (exact) mass is 276 g/mol. The second-order valence-electron chi connectivity index (χ2n) is 4.11. The van der Waals surface area contributed by atoms with E-state index >= 15 is 0 Å². The summed E-state index contributed by atoms with van der Waals surface area (Å²) in [6.45, 7) is 2.00. The van der Waals surface area contributed by atoms with E-state index in [0.717, 1.165) is 0 Å². The first-order chi connectivity index (χ1) is 9.62. The Morgan fingerprint density at radius 3 is 2.40 bits per heavy atom. The Kier molecular flexibility index (Phi) is 3.98. The molecule has 0 saturated heterocycles. The molecule has 106 valence electrons. The fourth-order valence-corrected chi connectivity index (χ4v) is 2.08. The lowest BCUT2D eigenvalue weighted by Gasteiger charge is -2.12. The number of carbonyl (C=O) groups excluding carboxylic acids is 1. The Morgan fingerprint density at radius 2 is 1.80 bits per heavy atom. The minimum absolute atomic E-state index is 0.0543. The molecule has 5 heteroatoms. The first-order valence-electron chi connectivity index (χ1n) is 6.17. The third-order valence-electron chi connectivity index (χ3n) is 2.97. The first kappa shape index (κ1) is 14.0.